The van der Waals surface area contributed by atoms with E-state index in [0.717, 1.165) is 0 Å². The first kappa shape index (κ1) is 38.2. The molecule has 2 atom stereocenters. The van der Waals surface area contributed by atoms with Crippen LogP contribution < -0.4 is 9.47 Å². The van der Waals surface area contributed by atoms with Crippen LogP contribution in [0.2, 0.25) is 0 Å². The van der Waals surface area contributed by atoms with Crippen LogP contribution in [-0.4, -0.2) is 90.5 Å². The van der Waals surface area contributed by atoms with Gasteiger partial charge in [0.25, 0.3) is 0 Å². The topological polar surface area (TPSA) is 154 Å². The maximum atomic E-state index is 13.0. The summed E-state index contributed by atoms with van der Waals surface area (Å²) >= 11 is 1.29. The minimum Gasteiger partial charge on any atom is -0.475 e. The lowest BCUT2D eigenvalue weighted by Crippen LogP contribution is -2.27. The lowest BCUT2D eigenvalue weighted by atomic mass is 10.4. The summed E-state index contributed by atoms with van der Waals surface area (Å²) in [5.41, 5.74) is 0. The third-order valence-electron chi connectivity index (χ3n) is 4.40. The Morgan fingerprint density at radius 1 is 0.732 bits per heavy atom. The van der Waals surface area contributed by atoms with Crippen molar-refractivity contribution in [3.63, 3.8) is 0 Å². The Morgan fingerprint density at radius 3 is 1.54 bits per heavy atom. The van der Waals surface area contributed by atoms with E-state index < -0.39 is 34.0 Å². The van der Waals surface area contributed by atoms with Gasteiger partial charge in [0.2, 0.25) is 11.8 Å². The second kappa shape index (κ2) is 18.8. The normalized spacial score (nSPS) is 14.3. The number of nitrogens with zero attached hydrogens (tertiary/aromatic N) is 2. The zero-order chi connectivity index (χ0) is 31.2. The van der Waals surface area contributed by atoms with Crippen molar-refractivity contribution in [3.8, 4) is 11.8 Å². The van der Waals surface area contributed by atoms with E-state index in [0.29, 0.717) is 5.16 Å². The van der Waals surface area contributed by atoms with Crippen molar-refractivity contribution in [1.82, 2.24) is 9.97 Å². The summed E-state index contributed by atoms with van der Waals surface area (Å²) in [6.07, 6.45) is -1.30. The first-order chi connectivity index (χ1) is 19.1. The van der Waals surface area contributed by atoms with Gasteiger partial charge in [-0.25, -0.2) is 0 Å². The Balaban J connectivity index is 2.77. The van der Waals surface area contributed by atoms with Crippen LogP contribution >= 0.6 is 27.0 Å². The summed E-state index contributed by atoms with van der Waals surface area (Å²) in [5.74, 6) is 0.423. The molecule has 0 saturated heterocycles. The standard InChI is InChI=1S/C25H48N2O11P2S/c1-17(2)35-39(29,36-18(3)4)15-33-21(9)13-31-23-11-24(27-25(26-23)41-10)32-14-22(12-28)34-16-40(30,37-19(5)6)38-20(7)8/h11,17-22,28H,12-16H2,1-10H3/t21-,22+/m1/s1. The highest BCUT2D eigenvalue weighted by molar-refractivity contribution is 7.98. The van der Waals surface area contributed by atoms with Gasteiger partial charge in [0.1, 0.15) is 32.0 Å². The summed E-state index contributed by atoms with van der Waals surface area (Å²) < 4.78 is 70.8. The molecule has 0 aliphatic heterocycles. The SMILES string of the molecule is CSc1nc(OC[C@H](CO)OCP(=O)(OC(C)C)OC(C)C)cc(OC[C@@H](C)OCP(=O)(OC(C)C)OC(C)C)n1. The van der Waals surface area contributed by atoms with Crippen LogP contribution in [0.3, 0.4) is 0 Å². The highest BCUT2D eigenvalue weighted by Gasteiger charge is 2.30. The van der Waals surface area contributed by atoms with Crippen LogP contribution in [0.15, 0.2) is 11.2 Å². The fourth-order valence-corrected chi connectivity index (χ4v) is 7.18. The second-order valence-corrected chi connectivity index (χ2v) is 14.8. The molecule has 0 spiro atoms. The maximum absolute atomic E-state index is 13.0. The predicted molar refractivity (Wildman–Crippen MR) is 157 cm³/mol. The van der Waals surface area contributed by atoms with Crippen LogP contribution in [0, 0.1) is 0 Å². The number of ether oxygens (including phenoxy) is 4. The highest BCUT2D eigenvalue weighted by Crippen LogP contribution is 2.51. The predicted octanol–water partition coefficient (Wildman–Crippen LogP) is 5.74. The lowest BCUT2D eigenvalue weighted by molar-refractivity contribution is -0.00630. The quantitative estimate of drug-likeness (QED) is 0.0925. The van der Waals surface area contributed by atoms with E-state index >= 15 is 0 Å². The average molecular weight is 647 g/mol. The lowest BCUT2D eigenvalue weighted by Gasteiger charge is -2.24. The molecule has 1 heterocycles. The molecule has 1 N–H and O–H groups in total. The smallest absolute Gasteiger partial charge is 0.356 e. The number of rotatable bonds is 22. The summed E-state index contributed by atoms with van der Waals surface area (Å²) in [5, 5.41) is 10.2. The number of aliphatic hydroxyl groups excluding tert-OH is 1. The average Bonchev–Trinajstić information content (AvgIpc) is 2.84. The van der Waals surface area contributed by atoms with Crippen LogP contribution in [0.4, 0.5) is 0 Å². The van der Waals surface area contributed by atoms with Gasteiger partial charge >= 0.3 is 15.2 Å². The van der Waals surface area contributed by atoms with Gasteiger partial charge in [-0.3, -0.25) is 9.13 Å². The molecule has 1 aromatic heterocycles. The highest BCUT2D eigenvalue weighted by atomic mass is 32.2. The molecular weight excluding hydrogens is 598 g/mol. The summed E-state index contributed by atoms with van der Waals surface area (Å²) in [6, 6.07) is 1.49. The number of hydrogen-bond acceptors (Lipinski definition) is 14. The fourth-order valence-electron chi connectivity index (χ4n) is 3.08. The van der Waals surface area contributed by atoms with Crippen molar-refractivity contribution < 1.29 is 51.3 Å². The number of hydrogen-bond donors (Lipinski definition) is 1. The van der Waals surface area contributed by atoms with Crippen molar-refractivity contribution >= 4 is 27.0 Å². The molecule has 0 aromatic carbocycles. The van der Waals surface area contributed by atoms with E-state index in [1.54, 1.807) is 68.6 Å². The van der Waals surface area contributed by atoms with Gasteiger partial charge < -0.3 is 42.1 Å². The van der Waals surface area contributed by atoms with Crippen molar-refractivity contribution in [3.05, 3.63) is 6.07 Å². The second-order valence-electron chi connectivity index (χ2n) is 10.2. The Morgan fingerprint density at radius 2 is 1.15 bits per heavy atom. The molecule has 0 aliphatic rings. The van der Waals surface area contributed by atoms with Gasteiger partial charge in [-0.05, 0) is 68.6 Å². The van der Waals surface area contributed by atoms with Crippen molar-refractivity contribution in [2.75, 3.05) is 38.8 Å². The van der Waals surface area contributed by atoms with Gasteiger partial charge in [-0.15, -0.1) is 0 Å². The molecule has 13 nitrogen and oxygen atoms in total. The molecular formula is C25H48N2O11P2S. The molecule has 16 heteroatoms. The Bertz CT molecular complexity index is 957. The Kier molecular flexibility index (Phi) is 17.5. The minimum atomic E-state index is -3.55. The van der Waals surface area contributed by atoms with Gasteiger partial charge in [0.05, 0.1) is 43.2 Å². The van der Waals surface area contributed by atoms with E-state index in [2.05, 4.69) is 9.97 Å². The summed E-state index contributed by atoms with van der Waals surface area (Å²) in [6.45, 7) is 15.4. The zero-order valence-electron chi connectivity index (χ0n) is 25.8. The van der Waals surface area contributed by atoms with Gasteiger partial charge in [0, 0.05) is 0 Å². The number of aliphatic hydroxyl groups is 1. The van der Waals surface area contributed by atoms with Gasteiger partial charge in [-0.1, -0.05) is 11.8 Å². The monoisotopic (exact) mass is 646 g/mol. The van der Waals surface area contributed by atoms with Crippen LogP contribution in [0.25, 0.3) is 0 Å². The molecule has 0 saturated carbocycles. The van der Waals surface area contributed by atoms with E-state index in [4.69, 9.17) is 37.0 Å². The van der Waals surface area contributed by atoms with Gasteiger partial charge in [-0.2, -0.15) is 9.97 Å². The number of aromatic nitrogens is 2. The Hall–Kier alpha value is -0.790. The maximum Gasteiger partial charge on any atom is 0.356 e. The van der Waals surface area contributed by atoms with E-state index in [1.807, 2.05) is 0 Å². The fraction of sp³-hybridized carbons (Fsp3) is 0.840. The molecule has 0 amide bonds. The molecule has 1 aromatic rings. The minimum absolute atomic E-state index is 0.0926. The summed E-state index contributed by atoms with van der Waals surface area (Å²) in [7, 11) is -6.99. The van der Waals surface area contributed by atoms with Crippen molar-refractivity contribution in [2.24, 2.45) is 0 Å². The largest absolute Gasteiger partial charge is 0.475 e. The van der Waals surface area contributed by atoms with Crippen LogP contribution in [-0.2, 0) is 36.7 Å². The van der Waals surface area contributed by atoms with Crippen molar-refractivity contribution in [1.29, 1.82) is 0 Å². The van der Waals surface area contributed by atoms with E-state index in [-0.39, 0.29) is 62.1 Å². The molecule has 41 heavy (non-hydrogen) atoms. The van der Waals surface area contributed by atoms with E-state index in [9.17, 15) is 14.2 Å². The molecule has 0 aliphatic carbocycles. The Labute approximate surface area is 248 Å². The molecule has 240 valence electrons. The summed E-state index contributed by atoms with van der Waals surface area (Å²) in [4.78, 5) is 8.63. The van der Waals surface area contributed by atoms with Crippen LogP contribution in [0.1, 0.15) is 62.3 Å². The van der Waals surface area contributed by atoms with E-state index in [1.165, 1.54) is 17.8 Å². The first-order valence-corrected chi connectivity index (χ1v) is 18.2. The van der Waals surface area contributed by atoms with Gasteiger partial charge in [0.15, 0.2) is 5.16 Å². The third kappa shape index (κ3) is 16.6. The molecule has 0 fully saturated rings. The molecule has 0 bridgehead atoms. The number of thioether (sulfide) groups is 1. The zero-order valence-corrected chi connectivity index (χ0v) is 28.4. The molecule has 0 unspecified atom stereocenters. The van der Waals surface area contributed by atoms with Crippen LogP contribution in [0.5, 0.6) is 11.8 Å². The third-order valence-corrected chi connectivity index (χ3v) is 8.85. The molecule has 0 radical (unpaired) electrons. The molecule has 1 rings (SSSR count). The van der Waals surface area contributed by atoms with Crippen molar-refractivity contribution in [2.45, 2.75) is 104 Å². The first-order valence-electron chi connectivity index (χ1n) is 13.5.